The summed E-state index contributed by atoms with van der Waals surface area (Å²) in [5, 5.41) is 3.02. The van der Waals surface area contributed by atoms with Gasteiger partial charge in [-0.3, -0.25) is 9.59 Å². The van der Waals surface area contributed by atoms with Crippen molar-refractivity contribution < 1.29 is 14.3 Å². The van der Waals surface area contributed by atoms with Gasteiger partial charge in [-0.2, -0.15) is 0 Å². The first-order valence-electron chi connectivity index (χ1n) is 10.5. The highest BCUT2D eigenvalue weighted by molar-refractivity contribution is 5.95. The maximum Gasteiger partial charge on any atom is 0.253 e. The fraction of sp³-hybridized carbons (Fsp3) is 0.417. The third-order valence-electron chi connectivity index (χ3n) is 5.89. The van der Waals surface area contributed by atoms with E-state index in [1.807, 2.05) is 41.3 Å². The maximum atomic E-state index is 12.7. The van der Waals surface area contributed by atoms with Crippen LogP contribution in [0.2, 0.25) is 0 Å². The standard InChI is InChI=1S/C24H28N2O3/c1-29-22-10-6-20(7-11-22)24(28)26-14-12-18(13-15-26)16-17-2-4-19(5-3-17)23(27)25-21-8-9-21/h2-7,10-11,18,21H,8-9,12-16H2,1H3,(H,25,27). The number of hydrogen-bond donors (Lipinski definition) is 1. The molecular formula is C24H28N2O3. The molecule has 1 aliphatic heterocycles. The Kier molecular flexibility index (Phi) is 5.84. The molecule has 5 heteroatoms. The van der Waals surface area contributed by atoms with E-state index in [1.165, 1.54) is 5.56 Å². The van der Waals surface area contributed by atoms with Crippen molar-refractivity contribution in [3.8, 4) is 5.75 Å². The SMILES string of the molecule is COc1ccc(C(=O)N2CCC(Cc3ccc(C(=O)NC4CC4)cc3)CC2)cc1. The Labute approximate surface area is 172 Å². The molecule has 152 valence electrons. The van der Waals surface area contributed by atoms with Crippen LogP contribution in [0.5, 0.6) is 5.75 Å². The third-order valence-corrected chi connectivity index (χ3v) is 5.89. The van der Waals surface area contributed by atoms with E-state index in [9.17, 15) is 9.59 Å². The number of likely N-dealkylation sites (tertiary alicyclic amines) is 1. The molecule has 2 fully saturated rings. The van der Waals surface area contributed by atoms with E-state index in [0.717, 1.165) is 56.5 Å². The van der Waals surface area contributed by atoms with Crippen LogP contribution in [0.25, 0.3) is 0 Å². The highest BCUT2D eigenvalue weighted by atomic mass is 16.5. The molecule has 2 aromatic rings. The number of piperidine rings is 1. The molecule has 0 radical (unpaired) electrons. The summed E-state index contributed by atoms with van der Waals surface area (Å²) >= 11 is 0. The molecule has 0 atom stereocenters. The quantitative estimate of drug-likeness (QED) is 0.816. The molecule has 4 rings (SSSR count). The predicted molar refractivity (Wildman–Crippen MR) is 112 cm³/mol. The first kappa shape index (κ1) is 19.5. The number of methoxy groups -OCH3 is 1. The lowest BCUT2D eigenvalue weighted by Gasteiger charge is -2.32. The van der Waals surface area contributed by atoms with Gasteiger partial charge >= 0.3 is 0 Å². The predicted octanol–water partition coefficient (Wildman–Crippen LogP) is 3.68. The van der Waals surface area contributed by atoms with Crippen LogP contribution in [-0.2, 0) is 6.42 Å². The van der Waals surface area contributed by atoms with E-state index in [-0.39, 0.29) is 11.8 Å². The molecule has 5 nitrogen and oxygen atoms in total. The number of nitrogens with one attached hydrogen (secondary N) is 1. The molecule has 0 unspecified atom stereocenters. The van der Waals surface area contributed by atoms with E-state index in [2.05, 4.69) is 17.4 Å². The number of hydrogen-bond acceptors (Lipinski definition) is 3. The largest absolute Gasteiger partial charge is 0.497 e. The summed E-state index contributed by atoms with van der Waals surface area (Å²) in [7, 11) is 1.62. The normalized spacial score (nSPS) is 17.1. The molecule has 1 saturated heterocycles. The van der Waals surface area contributed by atoms with E-state index < -0.39 is 0 Å². The maximum absolute atomic E-state index is 12.7. The summed E-state index contributed by atoms with van der Waals surface area (Å²) in [6, 6.07) is 15.7. The van der Waals surface area contributed by atoms with Crippen LogP contribution < -0.4 is 10.1 Å². The van der Waals surface area contributed by atoms with Gasteiger partial charge in [0.05, 0.1) is 7.11 Å². The number of carbonyl (C=O) groups excluding carboxylic acids is 2. The smallest absolute Gasteiger partial charge is 0.253 e. The second-order valence-corrected chi connectivity index (χ2v) is 8.11. The van der Waals surface area contributed by atoms with Gasteiger partial charge in [0.15, 0.2) is 0 Å². The fourth-order valence-corrected chi connectivity index (χ4v) is 3.88. The first-order chi connectivity index (χ1) is 14.1. The molecule has 1 aliphatic carbocycles. The molecule has 2 amide bonds. The minimum Gasteiger partial charge on any atom is -0.497 e. The molecule has 29 heavy (non-hydrogen) atoms. The summed E-state index contributed by atoms with van der Waals surface area (Å²) in [6.07, 6.45) is 5.21. The fourth-order valence-electron chi connectivity index (χ4n) is 3.88. The average molecular weight is 392 g/mol. The van der Waals surface area contributed by atoms with Gasteiger partial charge in [0.25, 0.3) is 11.8 Å². The molecular weight excluding hydrogens is 364 g/mol. The Bertz CT molecular complexity index is 849. The number of amides is 2. The van der Waals surface area contributed by atoms with Gasteiger partial charge in [0, 0.05) is 30.3 Å². The highest BCUT2D eigenvalue weighted by Crippen LogP contribution is 2.24. The Morgan fingerprint density at radius 3 is 2.14 bits per heavy atom. The van der Waals surface area contributed by atoms with Crippen LogP contribution >= 0.6 is 0 Å². The summed E-state index contributed by atoms with van der Waals surface area (Å²) in [4.78, 5) is 26.7. The lowest BCUT2D eigenvalue weighted by molar-refractivity contribution is 0.0690. The summed E-state index contributed by atoms with van der Waals surface area (Å²) in [6.45, 7) is 1.58. The van der Waals surface area contributed by atoms with E-state index in [1.54, 1.807) is 7.11 Å². The van der Waals surface area contributed by atoms with Crippen molar-refractivity contribution >= 4 is 11.8 Å². The van der Waals surface area contributed by atoms with E-state index in [0.29, 0.717) is 17.5 Å². The molecule has 0 bridgehead atoms. The highest BCUT2D eigenvalue weighted by Gasteiger charge is 2.25. The van der Waals surface area contributed by atoms with Gasteiger partial charge in [-0.25, -0.2) is 0 Å². The van der Waals surface area contributed by atoms with Gasteiger partial charge in [-0.15, -0.1) is 0 Å². The number of ether oxygens (including phenoxy) is 1. The number of nitrogens with zero attached hydrogens (tertiary/aromatic N) is 1. The zero-order chi connectivity index (χ0) is 20.2. The van der Waals surface area contributed by atoms with Gasteiger partial charge < -0.3 is 15.0 Å². The average Bonchev–Trinajstić information content (AvgIpc) is 3.58. The number of carbonyl (C=O) groups is 2. The van der Waals surface area contributed by atoms with Crippen LogP contribution in [0.15, 0.2) is 48.5 Å². The lowest BCUT2D eigenvalue weighted by Crippen LogP contribution is -2.38. The van der Waals surface area contributed by atoms with Crippen LogP contribution in [0.3, 0.4) is 0 Å². The van der Waals surface area contributed by atoms with Gasteiger partial charge in [-0.1, -0.05) is 12.1 Å². The van der Waals surface area contributed by atoms with Crippen LogP contribution in [0.1, 0.15) is 52.0 Å². The summed E-state index contributed by atoms with van der Waals surface area (Å²) in [5.74, 6) is 1.46. The minimum atomic E-state index is 0.0319. The van der Waals surface area contributed by atoms with Gasteiger partial charge in [-0.05, 0) is 80.0 Å². The van der Waals surface area contributed by atoms with Crippen molar-refractivity contribution in [2.24, 2.45) is 5.92 Å². The molecule has 1 N–H and O–H groups in total. The summed E-state index contributed by atoms with van der Waals surface area (Å²) < 4.78 is 5.16. The van der Waals surface area contributed by atoms with Crippen LogP contribution in [0, 0.1) is 5.92 Å². The molecule has 1 saturated carbocycles. The second-order valence-electron chi connectivity index (χ2n) is 8.11. The van der Waals surface area contributed by atoms with E-state index in [4.69, 9.17) is 4.74 Å². The first-order valence-corrected chi connectivity index (χ1v) is 10.5. The molecule has 0 aromatic heterocycles. The topological polar surface area (TPSA) is 58.6 Å². The molecule has 2 aliphatic rings. The second kappa shape index (κ2) is 8.68. The van der Waals surface area contributed by atoms with Crippen LogP contribution in [-0.4, -0.2) is 43.0 Å². The number of benzene rings is 2. The van der Waals surface area contributed by atoms with Crippen molar-refractivity contribution in [2.45, 2.75) is 38.1 Å². The minimum absolute atomic E-state index is 0.0319. The van der Waals surface area contributed by atoms with Gasteiger partial charge in [0.2, 0.25) is 0 Å². The van der Waals surface area contributed by atoms with Crippen LogP contribution in [0.4, 0.5) is 0 Å². The molecule has 0 spiro atoms. The van der Waals surface area contributed by atoms with Crippen molar-refractivity contribution in [3.63, 3.8) is 0 Å². The summed E-state index contributed by atoms with van der Waals surface area (Å²) in [5.41, 5.74) is 2.71. The zero-order valence-electron chi connectivity index (χ0n) is 16.9. The molecule has 1 heterocycles. The van der Waals surface area contributed by atoms with Crippen molar-refractivity contribution in [2.75, 3.05) is 20.2 Å². The Morgan fingerprint density at radius 1 is 0.931 bits per heavy atom. The Morgan fingerprint density at radius 2 is 1.55 bits per heavy atom. The Balaban J connectivity index is 1.27. The number of rotatable bonds is 6. The lowest BCUT2D eigenvalue weighted by atomic mass is 9.89. The van der Waals surface area contributed by atoms with E-state index >= 15 is 0 Å². The Hall–Kier alpha value is -2.82. The zero-order valence-corrected chi connectivity index (χ0v) is 16.9. The monoisotopic (exact) mass is 392 g/mol. The van der Waals surface area contributed by atoms with Crippen molar-refractivity contribution in [1.82, 2.24) is 10.2 Å². The van der Waals surface area contributed by atoms with Crippen molar-refractivity contribution in [3.05, 3.63) is 65.2 Å². The third kappa shape index (κ3) is 4.97. The molecule has 2 aromatic carbocycles. The van der Waals surface area contributed by atoms with Gasteiger partial charge in [0.1, 0.15) is 5.75 Å². The van der Waals surface area contributed by atoms with Crippen molar-refractivity contribution in [1.29, 1.82) is 0 Å².